The van der Waals surface area contributed by atoms with E-state index in [-0.39, 0.29) is 24.9 Å². The van der Waals surface area contributed by atoms with Crippen LogP contribution in [-0.4, -0.2) is 46.9 Å². The van der Waals surface area contributed by atoms with E-state index in [0.717, 1.165) is 44.9 Å². The third kappa shape index (κ3) is 38.2. The van der Waals surface area contributed by atoms with Crippen molar-refractivity contribution in [1.29, 1.82) is 0 Å². The van der Waals surface area contributed by atoms with Gasteiger partial charge in [0.05, 0.1) is 25.2 Å². The number of hydrogen-bond acceptors (Lipinski definition) is 5. The zero-order chi connectivity index (χ0) is 40.3. The molecule has 0 aromatic carbocycles. The first-order chi connectivity index (χ1) is 27.0. The Morgan fingerprint density at radius 1 is 0.545 bits per heavy atom. The van der Waals surface area contributed by atoms with Crippen LogP contribution in [0.25, 0.3) is 0 Å². The summed E-state index contributed by atoms with van der Waals surface area (Å²) in [6.45, 7) is 6.27. The van der Waals surface area contributed by atoms with Gasteiger partial charge in [-0.1, -0.05) is 236 Å². The predicted molar refractivity (Wildman–Crippen MR) is 236 cm³/mol. The minimum absolute atomic E-state index is 0.0179. The quantitative estimate of drug-likeness (QED) is 0.0328. The summed E-state index contributed by atoms with van der Waals surface area (Å²) in [5.74, 6) is -0.607. The number of hydrogen-bond donors (Lipinski definition) is 3. The fourth-order valence-corrected chi connectivity index (χ4v) is 6.75. The van der Waals surface area contributed by atoms with E-state index in [1.54, 1.807) is 0 Å². The second-order valence-electron chi connectivity index (χ2n) is 15.6. The van der Waals surface area contributed by atoms with Gasteiger partial charge in [0.25, 0.3) is 0 Å². The molecule has 318 valence electrons. The van der Waals surface area contributed by atoms with Gasteiger partial charge < -0.3 is 20.3 Å². The van der Waals surface area contributed by atoms with E-state index in [2.05, 4.69) is 32.2 Å². The number of carbonyl (C=O) groups excluding carboxylic acids is 2. The Bertz CT molecular complexity index is 999. The fraction of sp³-hybridized carbons (Fsp3) is 0.755. The van der Waals surface area contributed by atoms with Crippen molar-refractivity contribution in [3.8, 4) is 0 Å². The molecular formula is C49H87NO5. The van der Waals surface area contributed by atoms with Gasteiger partial charge in [0.1, 0.15) is 6.10 Å². The smallest absolute Gasteiger partial charge is 0.306 e. The van der Waals surface area contributed by atoms with Crippen LogP contribution in [0.4, 0.5) is 0 Å². The molecule has 0 saturated carbocycles. The van der Waals surface area contributed by atoms with Crippen LogP contribution in [0.15, 0.2) is 60.8 Å². The zero-order valence-electron chi connectivity index (χ0n) is 36.0. The van der Waals surface area contributed by atoms with Crippen molar-refractivity contribution in [3.05, 3.63) is 60.8 Å². The van der Waals surface area contributed by atoms with Crippen LogP contribution >= 0.6 is 0 Å². The maximum Gasteiger partial charge on any atom is 0.306 e. The van der Waals surface area contributed by atoms with Gasteiger partial charge in [-0.05, 0) is 19.3 Å². The molecule has 0 aromatic heterocycles. The normalized spacial score (nSPS) is 13.9. The van der Waals surface area contributed by atoms with Gasteiger partial charge >= 0.3 is 5.97 Å². The monoisotopic (exact) mass is 770 g/mol. The van der Waals surface area contributed by atoms with Crippen molar-refractivity contribution < 1.29 is 24.5 Å². The molecule has 0 aliphatic heterocycles. The zero-order valence-corrected chi connectivity index (χ0v) is 36.0. The number of rotatable bonds is 40. The van der Waals surface area contributed by atoms with Crippen LogP contribution in [0, 0.1) is 0 Å². The van der Waals surface area contributed by atoms with Crippen LogP contribution in [0.5, 0.6) is 0 Å². The van der Waals surface area contributed by atoms with E-state index < -0.39 is 18.2 Å². The molecule has 3 atom stereocenters. The van der Waals surface area contributed by atoms with E-state index in [4.69, 9.17) is 4.74 Å². The number of nitrogens with one attached hydrogen (secondary N) is 1. The minimum Gasteiger partial charge on any atom is -0.461 e. The number of amides is 1. The Hall–Kier alpha value is -2.44. The van der Waals surface area contributed by atoms with Gasteiger partial charge in [-0.2, -0.15) is 0 Å². The molecule has 0 aliphatic rings. The van der Waals surface area contributed by atoms with Crippen molar-refractivity contribution >= 4 is 11.9 Å². The molecule has 3 unspecified atom stereocenters. The van der Waals surface area contributed by atoms with E-state index in [0.29, 0.717) is 19.3 Å². The molecule has 0 rings (SSSR count). The first-order valence-electron chi connectivity index (χ1n) is 23.1. The van der Waals surface area contributed by atoms with Crippen molar-refractivity contribution in [2.75, 3.05) is 6.61 Å². The Kier molecular flexibility index (Phi) is 40.8. The molecule has 0 aromatic rings. The third-order valence-electron chi connectivity index (χ3n) is 10.2. The van der Waals surface area contributed by atoms with Gasteiger partial charge in [0.15, 0.2) is 0 Å². The van der Waals surface area contributed by atoms with Crippen LogP contribution in [0.3, 0.4) is 0 Å². The Morgan fingerprint density at radius 2 is 0.945 bits per heavy atom. The second-order valence-corrected chi connectivity index (χ2v) is 15.6. The van der Waals surface area contributed by atoms with Crippen LogP contribution in [-0.2, 0) is 14.3 Å². The summed E-state index contributed by atoms with van der Waals surface area (Å²) in [5.41, 5.74) is 0. The molecule has 55 heavy (non-hydrogen) atoms. The SMILES string of the molecule is CC/C=C/C=C/C=C\C=C/C=C/CC(CC(=O)NC(CO)C(O)CCCCCCCCCCC)OC(=O)CCCCCCCCCCCCCCCCCC. The van der Waals surface area contributed by atoms with Gasteiger partial charge in [0.2, 0.25) is 5.91 Å². The average molecular weight is 770 g/mol. The lowest BCUT2D eigenvalue weighted by Gasteiger charge is -2.24. The largest absolute Gasteiger partial charge is 0.461 e. The third-order valence-corrected chi connectivity index (χ3v) is 10.2. The molecule has 0 bridgehead atoms. The fourth-order valence-electron chi connectivity index (χ4n) is 6.75. The maximum absolute atomic E-state index is 13.1. The highest BCUT2D eigenvalue weighted by Crippen LogP contribution is 2.16. The van der Waals surface area contributed by atoms with Crippen molar-refractivity contribution in [2.24, 2.45) is 0 Å². The highest BCUT2D eigenvalue weighted by molar-refractivity contribution is 5.77. The Balaban J connectivity index is 4.66. The van der Waals surface area contributed by atoms with Crippen LogP contribution in [0.1, 0.15) is 213 Å². The molecule has 0 spiro atoms. The molecule has 0 radical (unpaired) electrons. The summed E-state index contributed by atoms with van der Waals surface area (Å²) < 4.78 is 5.82. The van der Waals surface area contributed by atoms with E-state index in [1.807, 2.05) is 54.7 Å². The molecule has 0 heterocycles. The second kappa shape index (κ2) is 42.7. The van der Waals surface area contributed by atoms with Gasteiger partial charge in [-0.25, -0.2) is 0 Å². The van der Waals surface area contributed by atoms with Crippen molar-refractivity contribution in [3.63, 3.8) is 0 Å². The number of esters is 1. The predicted octanol–water partition coefficient (Wildman–Crippen LogP) is 13.3. The number of aliphatic hydroxyl groups is 2. The topological polar surface area (TPSA) is 95.9 Å². The summed E-state index contributed by atoms with van der Waals surface area (Å²) in [4.78, 5) is 25.9. The standard InChI is InChI=1S/C49H87NO5/c1-4-7-10-13-16-19-21-22-23-24-25-27-30-33-36-39-42-49(54)55-45(40-37-34-31-29-26-20-17-14-11-8-5-2)43-48(53)50-46(44-51)47(52)41-38-35-32-28-18-15-12-9-6-3/h8,11,14,17,20,26,29,31,34,37,45-47,51-52H,4-7,9-10,12-13,15-16,18-19,21-25,27-28,30,32-33,35-36,38-44H2,1-3H3,(H,50,53)/b11-8+,17-14+,26-20-,31-29-,37-34+. The molecule has 0 saturated heterocycles. The van der Waals surface area contributed by atoms with Crippen molar-refractivity contribution in [1.82, 2.24) is 5.32 Å². The lowest BCUT2D eigenvalue weighted by atomic mass is 10.0. The van der Waals surface area contributed by atoms with Crippen LogP contribution < -0.4 is 5.32 Å². The van der Waals surface area contributed by atoms with E-state index >= 15 is 0 Å². The van der Waals surface area contributed by atoms with E-state index in [1.165, 1.54) is 122 Å². The Morgan fingerprint density at radius 3 is 1.38 bits per heavy atom. The van der Waals surface area contributed by atoms with Gasteiger partial charge in [0, 0.05) is 12.8 Å². The summed E-state index contributed by atoms with van der Waals surface area (Å²) >= 11 is 0. The average Bonchev–Trinajstić information content (AvgIpc) is 3.18. The molecular weight excluding hydrogens is 683 g/mol. The molecule has 0 fully saturated rings. The van der Waals surface area contributed by atoms with Gasteiger partial charge in [-0.3, -0.25) is 9.59 Å². The lowest BCUT2D eigenvalue weighted by molar-refractivity contribution is -0.150. The number of allylic oxidation sites excluding steroid dienone is 9. The lowest BCUT2D eigenvalue weighted by Crippen LogP contribution is -2.46. The summed E-state index contributed by atoms with van der Waals surface area (Å²) in [7, 11) is 0. The molecule has 6 heteroatoms. The number of carbonyl (C=O) groups is 2. The summed E-state index contributed by atoms with van der Waals surface area (Å²) in [6.07, 6.45) is 51.7. The summed E-state index contributed by atoms with van der Waals surface area (Å²) in [6, 6.07) is -0.736. The molecule has 0 aliphatic carbocycles. The van der Waals surface area contributed by atoms with Crippen LogP contribution in [0.2, 0.25) is 0 Å². The number of ether oxygens (including phenoxy) is 1. The van der Waals surface area contributed by atoms with E-state index in [9.17, 15) is 19.8 Å². The first kappa shape index (κ1) is 52.6. The molecule has 3 N–H and O–H groups in total. The van der Waals surface area contributed by atoms with Crippen molar-refractivity contribution in [2.45, 2.75) is 232 Å². The summed E-state index contributed by atoms with van der Waals surface area (Å²) in [5, 5.41) is 23.5. The van der Waals surface area contributed by atoms with Gasteiger partial charge in [-0.15, -0.1) is 0 Å². The number of unbranched alkanes of at least 4 members (excludes halogenated alkanes) is 23. The molecule has 1 amide bonds. The minimum atomic E-state index is -0.815. The number of aliphatic hydroxyl groups excluding tert-OH is 2. The maximum atomic E-state index is 13.1. The highest BCUT2D eigenvalue weighted by atomic mass is 16.5. The molecule has 6 nitrogen and oxygen atoms in total. The highest BCUT2D eigenvalue weighted by Gasteiger charge is 2.23. The Labute approximate surface area is 339 Å². The first-order valence-corrected chi connectivity index (χ1v) is 23.1.